The van der Waals surface area contributed by atoms with E-state index in [0.717, 1.165) is 46.6 Å². The van der Waals surface area contributed by atoms with E-state index in [1.807, 2.05) is 60.7 Å². The van der Waals surface area contributed by atoms with Crippen molar-refractivity contribution in [1.29, 1.82) is 0 Å². The van der Waals surface area contributed by atoms with Gasteiger partial charge in [-0.2, -0.15) is 0 Å². The van der Waals surface area contributed by atoms with E-state index in [-0.39, 0.29) is 18.4 Å². The second-order valence-electron chi connectivity index (χ2n) is 12.7. The Labute approximate surface area is 277 Å². The molecular weight excluding hydrogens is 592 g/mol. The van der Waals surface area contributed by atoms with Crippen LogP contribution in [-0.4, -0.2) is 57.5 Å². The lowest BCUT2D eigenvalue weighted by molar-refractivity contribution is -0.125. The molecule has 9 nitrogen and oxygen atoms in total. The first-order valence-electron chi connectivity index (χ1n) is 16.2. The zero-order valence-corrected chi connectivity index (χ0v) is 27.7. The number of hydrogen-bond donors (Lipinski definition) is 4. The Hall–Kier alpha value is -4.60. The number of aliphatic hydroxyl groups is 2. The van der Waals surface area contributed by atoms with Crippen molar-refractivity contribution in [3.8, 4) is 28.3 Å². The fourth-order valence-electron chi connectivity index (χ4n) is 5.00. The van der Waals surface area contributed by atoms with Crippen molar-refractivity contribution in [3.05, 3.63) is 102 Å². The number of aliphatic hydroxyl groups excluding tert-OH is 1. The number of hydrogen-bond acceptors (Lipinski definition) is 7. The second-order valence-corrected chi connectivity index (χ2v) is 12.7. The van der Waals surface area contributed by atoms with Gasteiger partial charge in [-0.15, -0.1) is 0 Å². The van der Waals surface area contributed by atoms with Crippen LogP contribution in [0.1, 0.15) is 74.9 Å². The van der Waals surface area contributed by atoms with Crippen LogP contribution in [0.2, 0.25) is 0 Å². The Kier molecular flexibility index (Phi) is 12.6. The molecule has 0 fully saturated rings. The van der Waals surface area contributed by atoms with Crippen molar-refractivity contribution >= 4 is 11.8 Å². The third-order valence-corrected chi connectivity index (χ3v) is 7.85. The first-order chi connectivity index (χ1) is 22.5. The molecule has 0 unspecified atom stereocenters. The second kappa shape index (κ2) is 16.8. The van der Waals surface area contributed by atoms with Gasteiger partial charge in [-0.05, 0) is 52.8 Å². The molecule has 1 aromatic heterocycles. The van der Waals surface area contributed by atoms with Gasteiger partial charge in [0, 0.05) is 35.5 Å². The molecule has 0 aliphatic heterocycles. The zero-order valence-electron chi connectivity index (χ0n) is 27.7. The van der Waals surface area contributed by atoms with Crippen LogP contribution in [0.3, 0.4) is 0 Å². The number of amides is 2. The van der Waals surface area contributed by atoms with E-state index in [9.17, 15) is 19.8 Å². The maximum absolute atomic E-state index is 13.1. The SMILES string of the molecule is CCCCCCOc1ccc(-c2cnc(-c3ccc(C[C@H](NC(=O)c4ccc(C(C)(C)C)cc4)C(=O)NCC(O)O)cc3)nc2)cc1. The fourth-order valence-corrected chi connectivity index (χ4v) is 5.00. The maximum atomic E-state index is 13.1. The summed E-state index contributed by atoms with van der Waals surface area (Å²) in [5, 5.41) is 23.8. The quantitative estimate of drug-likeness (QED) is 0.0951. The van der Waals surface area contributed by atoms with E-state index in [0.29, 0.717) is 11.4 Å². The fraction of sp³-hybridized carbons (Fsp3) is 0.368. The minimum atomic E-state index is -1.70. The molecule has 0 saturated heterocycles. The third-order valence-electron chi connectivity index (χ3n) is 7.85. The highest BCUT2D eigenvalue weighted by Crippen LogP contribution is 2.24. The summed E-state index contributed by atoms with van der Waals surface area (Å²) < 4.78 is 5.85. The van der Waals surface area contributed by atoms with Crippen molar-refractivity contribution in [2.24, 2.45) is 0 Å². The first-order valence-corrected chi connectivity index (χ1v) is 16.2. The minimum absolute atomic E-state index is 0.0588. The molecule has 4 aromatic rings. The molecular formula is C38H46N4O5. The van der Waals surface area contributed by atoms with Crippen LogP contribution in [0, 0.1) is 0 Å². The number of carbonyl (C=O) groups excluding carboxylic acids is 2. The molecule has 0 saturated carbocycles. The van der Waals surface area contributed by atoms with Crippen LogP contribution in [0.5, 0.6) is 5.75 Å². The number of rotatable bonds is 15. The average Bonchev–Trinajstić information content (AvgIpc) is 3.07. The summed E-state index contributed by atoms with van der Waals surface area (Å²) >= 11 is 0. The van der Waals surface area contributed by atoms with Crippen LogP contribution < -0.4 is 15.4 Å². The van der Waals surface area contributed by atoms with Gasteiger partial charge >= 0.3 is 0 Å². The molecule has 0 aliphatic carbocycles. The van der Waals surface area contributed by atoms with Gasteiger partial charge in [0.15, 0.2) is 12.1 Å². The molecule has 47 heavy (non-hydrogen) atoms. The Morgan fingerprint density at radius 2 is 1.45 bits per heavy atom. The molecule has 9 heteroatoms. The number of aromatic nitrogens is 2. The van der Waals surface area contributed by atoms with Crippen molar-refractivity contribution in [3.63, 3.8) is 0 Å². The Morgan fingerprint density at radius 1 is 0.809 bits per heavy atom. The van der Waals surface area contributed by atoms with Crippen LogP contribution in [-0.2, 0) is 16.6 Å². The van der Waals surface area contributed by atoms with Crippen molar-refractivity contribution in [1.82, 2.24) is 20.6 Å². The number of ether oxygens (including phenoxy) is 1. The van der Waals surface area contributed by atoms with Crippen molar-refractivity contribution < 1.29 is 24.5 Å². The highest BCUT2D eigenvalue weighted by atomic mass is 16.5. The zero-order chi connectivity index (χ0) is 33.8. The molecule has 248 valence electrons. The lowest BCUT2D eigenvalue weighted by Crippen LogP contribution is -2.49. The van der Waals surface area contributed by atoms with Gasteiger partial charge in [0.05, 0.1) is 13.2 Å². The van der Waals surface area contributed by atoms with Gasteiger partial charge in [0.2, 0.25) is 5.91 Å². The molecule has 1 heterocycles. The Balaban J connectivity index is 1.40. The molecule has 4 rings (SSSR count). The summed E-state index contributed by atoms with van der Waals surface area (Å²) in [7, 11) is 0. The first kappa shape index (κ1) is 35.3. The van der Waals surface area contributed by atoms with Crippen molar-refractivity contribution in [2.75, 3.05) is 13.2 Å². The Bertz CT molecular complexity index is 1560. The number of nitrogens with zero attached hydrogens (tertiary/aromatic N) is 2. The normalized spacial score (nSPS) is 12.1. The number of benzene rings is 3. The van der Waals surface area contributed by atoms with Crippen LogP contribution >= 0.6 is 0 Å². The lowest BCUT2D eigenvalue weighted by Gasteiger charge is -2.21. The van der Waals surface area contributed by atoms with E-state index in [1.165, 1.54) is 19.3 Å². The predicted octanol–water partition coefficient (Wildman–Crippen LogP) is 5.84. The third kappa shape index (κ3) is 10.7. The molecule has 1 atom stereocenters. The minimum Gasteiger partial charge on any atom is -0.494 e. The summed E-state index contributed by atoms with van der Waals surface area (Å²) in [6.07, 6.45) is 6.74. The molecule has 0 bridgehead atoms. The van der Waals surface area contributed by atoms with E-state index in [2.05, 4.69) is 48.3 Å². The Morgan fingerprint density at radius 3 is 2.04 bits per heavy atom. The molecule has 0 spiro atoms. The van der Waals surface area contributed by atoms with Crippen LogP contribution in [0.4, 0.5) is 0 Å². The topological polar surface area (TPSA) is 134 Å². The maximum Gasteiger partial charge on any atom is 0.251 e. The summed E-state index contributed by atoms with van der Waals surface area (Å²) in [6, 6.07) is 21.7. The molecule has 4 N–H and O–H groups in total. The van der Waals surface area contributed by atoms with Crippen molar-refractivity contribution in [2.45, 2.75) is 77.5 Å². The number of nitrogens with one attached hydrogen (secondary N) is 2. The summed E-state index contributed by atoms with van der Waals surface area (Å²) in [5.74, 6) is 0.491. The van der Waals surface area contributed by atoms with Gasteiger partial charge in [0.1, 0.15) is 11.8 Å². The standard InChI is InChI=1S/C38H46N4O5/c1-5-6-7-8-21-47-32-19-15-27(16-20-32)30-23-39-35(40-24-30)28-11-9-26(10-12-28)22-33(37(46)41-25-34(43)44)42-36(45)29-13-17-31(18-14-29)38(2,3)4/h9-20,23-24,33-34,43-44H,5-8,21-22,25H2,1-4H3,(H,41,46)(H,42,45)/t33-/m0/s1. The molecule has 3 aromatic carbocycles. The summed E-state index contributed by atoms with van der Waals surface area (Å²) in [5.41, 5.74) is 4.95. The predicted molar refractivity (Wildman–Crippen MR) is 184 cm³/mol. The van der Waals surface area contributed by atoms with Gasteiger partial charge in [-0.3, -0.25) is 9.59 Å². The van der Waals surface area contributed by atoms with Gasteiger partial charge < -0.3 is 25.6 Å². The largest absolute Gasteiger partial charge is 0.494 e. The number of carbonyl (C=O) groups is 2. The van der Waals surface area contributed by atoms with Gasteiger partial charge in [-0.25, -0.2) is 9.97 Å². The smallest absolute Gasteiger partial charge is 0.251 e. The van der Waals surface area contributed by atoms with Crippen LogP contribution in [0.15, 0.2) is 85.2 Å². The monoisotopic (exact) mass is 638 g/mol. The van der Waals surface area contributed by atoms with E-state index in [4.69, 9.17) is 4.74 Å². The van der Waals surface area contributed by atoms with Gasteiger partial charge in [0.25, 0.3) is 5.91 Å². The lowest BCUT2D eigenvalue weighted by atomic mass is 9.86. The molecule has 2 amide bonds. The average molecular weight is 639 g/mol. The molecule has 0 aliphatic rings. The van der Waals surface area contributed by atoms with Crippen LogP contribution in [0.25, 0.3) is 22.5 Å². The highest BCUT2D eigenvalue weighted by Gasteiger charge is 2.23. The summed E-state index contributed by atoms with van der Waals surface area (Å²) in [4.78, 5) is 35.2. The highest BCUT2D eigenvalue weighted by molar-refractivity contribution is 5.97. The van der Waals surface area contributed by atoms with E-state index in [1.54, 1.807) is 24.5 Å². The van der Waals surface area contributed by atoms with Gasteiger partial charge in [-0.1, -0.05) is 95.5 Å². The van der Waals surface area contributed by atoms with E-state index >= 15 is 0 Å². The molecule has 0 radical (unpaired) electrons. The van der Waals surface area contributed by atoms with E-state index < -0.39 is 24.1 Å². The summed E-state index contributed by atoms with van der Waals surface area (Å²) in [6.45, 7) is 8.85. The number of unbranched alkanes of at least 4 members (excludes halogenated alkanes) is 3.